The van der Waals surface area contributed by atoms with E-state index in [4.69, 9.17) is 0 Å². The zero-order valence-corrected chi connectivity index (χ0v) is 22.3. The van der Waals surface area contributed by atoms with Gasteiger partial charge in [-0.25, -0.2) is 4.68 Å². The lowest BCUT2D eigenvalue weighted by Crippen LogP contribution is -2.32. The van der Waals surface area contributed by atoms with Crippen LogP contribution in [0.25, 0.3) is 10.9 Å². The van der Waals surface area contributed by atoms with E-state index in [2.05, 4.69) is 87.8 Å². The second kappa shape index (κ2) is 11.5. The lowest BCUT2D eigenvalue weighted by atomic mass is 10.0. The van der Waals surface area contributed by atoms with Crippen molar-refractivity contribution < 1.29 is 0 Å². The first-order valence-corrected chi connectivity index (χ1v) is 13.2. The fraction of sp³-hybridized carbons (Fsp3) is 0.290. The molecule has 2 heterocycles. The number of nitrogens with one attached hydrogen (secondary N) is 1. The van der Waals surface area contributed by atoms with E-state index in [0.29, 0.717) is 19.6 Å². The van der Waals surface area contributed by atoms with Gasteiger partial charge < -0.3 is 4.98 Å². The molecule has 1 atom stereocenters. The number of aryl methyl sites for hydroxylation is 4. The minimum atomic E-state index is -0.0599. The Morgan fingerprint density at radius 2 is 1.63 bits per heavy atom. The molecule has 1 N–H and O–H groups in total. The maximum Gasteiger partial charge on any atom is 0.252 e. The molecule has 0 radical (unpaired) electrons. The van der Waals surface area contributed by atoms with E-state index >= 15 is 0 Å². The van der Waals surface area contributed by atoms with E-state index in [1.54, 1.807) is 0 Å². The van der Waals surface area contributed by atoms with Crippen LogP contribution in [0.4, 0.5) is 0 Å². The first kappa shape index (κ1) is 25.5. The average molecular weight is 507 g/mol. The number of tetrazole rings is 1. The predicted octanol–water partition coefficient (Wildman–Crippen LogP) is 5.53. The average Bonchev–Trinajstić information content (AvgIpc) is 3.38. The minimum Gasteiger partial charge on any atom is -0.321 e. The largest absolute Gasteiger partial charge is 0.321 e. The number of hydrogen-bond acceptors (Lipinski definition) is 5. The fourth-order valence-electron chi connectivity index (χ4n) is 5.26. The molecule has 0 bridgehead atoms. The summed E-state index contributed by atoms with van der Waals surface area (Å²) < 4.78 is 1.91. The summed E-state index contributed by atoms with van der Waals surface area (Å²) in [5.41, 5.74) is 6.26. The minimum absolute atomic E-state index is 0.0546. The Labute approximate surface area is 223 Å². The molecule has 5 rings (SSSR count). The van der Waals surface area contributed by atoms with Crippen molar-refractivity contribution in [3.8, 4) is 0 Å². The molecule has 3 aromatic carbocycles. The third kappa shape index (κ3) is 5.73. The van der Waals surface area contributed by atoms with Gasteiger partial charge in [0.25, 0.3) is 5.56 Å². The number of nitrogens with zero attached hydrogens (tertiary/aromatic N) is 5. The van der Waals surface area contributed by atoms with Crippen LogP contribution < -0.4 is 5.56 Å². The van der Waals surface area contributed by atoms with E-state index in [-0.39, 0.29) is 11.6 Å². The number of pyridine rings is 1. The Morgan fingerprint density at radius 3 is 2.34 bits per heavy atom. The summed E-state index contributed by atoms with van der Waals surface area (Å²) in [6.07, 6.45) is 1.65. The molecular formula is C31H34N6O. The van der Waals surface area contributed by atoms with Gasteiger partial charge in [0, 0.05) is 25.2 Å². The summed E-state index contributed by atoms with van der Waals surface area (Å²) in [6.45, 7) is 8.12. The first-order chi connectivity index (χ1) is 18.5. The van der Waals surface area contributed by atoms with Gasteiger partial charge in [0.05, 0.1) is 11.6 Å². The van der Waals surface area contributed by atoms with Gasteiger partial charge in [0.2, 0.25) is 0 Å². The van der Waals surface area contributed by atoms with Crippen molar-refractivity contribution in [3.63, 3.8) is 0 Å². The van der Waals surface area contributed by atoms with Crippen LogP contribution in [-0.2, 0) is 26.1 Å². The van der Waals surface area contributed by atoms with E-state index in [9.17, 15) is 4.79 Å². The molecule has 194 valence electrons. The summed E-state index contributed by atoms with van der Waals surface area (Å²) in [4.78, 5) is 18.7. The molecule has 38 heavy (non-hydrogen) atoms. The van der Waals surface area contributed by atoms with Crippen LogP contribution >= 0.6 is 0 Å². The molecule has 0 aliphatic rings. The maximum absolute atomic E-state index is 13.3. The third-order valence-electron chi connectivity index (χ3n) is 7.11. The van der Waals surface area contributed by atoms with Gasteiger partial charge in [-0.2, -0.15) is 0 Å². The van der Waals surface area contributed by atoms with Gasteiger partial charge in [0.1, 0.15) is 0 Å². The molecule has 0 aliphatic carbocycles. The van der Waals surface area contributed by atoms with E-state index in [1.807, 2.05) is 41.9 Å². The number of aromatic amines is 1. The van der Waals surface area contributed by atoms with Crippen LogP contribution in [0.2, 0.25) is 0 Å². The van der Waals surface area contributed by atoms with Crippen molar-refractivity contribution in [1.82, 2.24) is 30.1 Å². The molecule has 5 aromatic rings. The molecule has 2 aromatic heterocycles. The Balaban J connectivity index is 1.49. The molecule has 7 nitrogen and oxygen atoms in total. The van der Waals surface area contributed by atoms with Crippen LogP contribution in [-0.4, -0.2) is 30.1 Å². The van der Waals surface area contributed by atoms with Crippen LogP contribution in [0.15, 0.2) is 83.7 Å². The van der Waals surface area contributed by atoms with Crippen molar-refractivity contribution in [2.45, 2.75) is 59.3 Å². The Morgan fingerprint density at radius 1 is 0.921 bits per heavy atom. The maximum atomic E-state index is 13.3. The summed E-state index contributed by atoms with van der Waals surface area (Å²) >= 11 is 0. The van der Waals surface area contributed by atoms with E-state index < -0.39 is 0 Å². The third-order valence-corrected chi connectivity index (χ3v) is 7.11. The van der Waals surface area contributed by atoms with Gasteiger partial charge in [-0.3, -0.25) is 9.69 Å². The van der Waals surface area contributed by atoms with Crippen molar-refractivity contribution in [2.24, 2.45) is 0 Å². The highest BCUT2D eigenvalue weighted by Gasteiger charge is 2.26. The SMILES string of the molecule is CCC(c1nnnn1CCc1ccccc1)N(Cc1ccccc1)Cc1cc2cc(C)cc(C)c2[nH]c1=O. The zero-order valence-electron chi connectivity index (χ0n) is 22.3. The van der Waals surface area contributed by atoms with Crippen molar-refractivity contribution in [3.05, 3.63) is 123 Å². The number of fused-ring (bicyclic) bond motifs is 1. The van der Waals surface area contributed by atoms with Crippen molar-refractivity contribution in [2.75, 3.05) is 0 Å². The molecule has 7 heteroatoms. The summed E-state index contributed by atoms with van der Waals surface area (Å²) in [6, 6.07) is 26.9. The normalized spacial score (nSPS) is 12.3. The molecule has 0 fully saturated rings. The van der Waals surface area contributed by atoms with Crippen LogP contribution in [0.5, 0.6) is 0 Å². The number of hydrogen-bond donors (Lipinski definition) is 1. The standard InChI is InChI=1S/C31H34N6O/c1-4-28(30-33-34-35-37(30)16-15-24-11-7-5-8-12-24)36(20-25-13-9-6-10-14-25)21-27-19-26-18-22(2)17-23(3)29(26)32-31(27)38/h5-14,17-19,28H,4,15-16,20-21H2,1-3H3,(H,32,38). The van der Waals surface area contributed by atoms with E-state index in [1.165, 1.54) is 16.7 Å². The number of H-pyrrole nitrogens is 1. The van der Waals surface area contributed by atoms with Crippen LogP contribution in [0, 0.1) is 13.8 Å². The molecule has 0 aliphatic heterocycles. The molecule has 0 spiro atoms. The highest BCUT2D eigenvalue weighted by Crippen LogP contribution is 2.27. The van der Waals surface area contributed by atoms with E-state index in [0.717, 1.165) is 40.7 Å². The molecular weight excluding hydrogens is 472 g/mol. The Kier molecular flexibility index (Phi) is 7.75. The number of aromatic nitrogens is 5. The van der Waals surface area contributed by atoms with Gasteiger partial charge in [-0.1, -0.05) is 79.2 Å². The fourth-order valence-corrected chi connectivity index (χ4v) is 5.26. The topological polar surface area (TPSA) is 79.7 Å². The highest BCUT2D eigenvalue weighted by molar-refractivity contribution is 5.82. The Hall–Kier alpha value is -4.10. The quantitative estimate of drug-likeness (QED) is 0.270. The molecule has 0 saturated carbocycles. The summed E-state index contributed by atoms with van der Waals surface area (Å²) in [5.74, 6) is 0.822. The van der Waals surface area contributed by atoms with Crippen LogP contribution in [0.3, 0.4) is 0 Å². The Bertz CT molecular complexity index is 1560. The molecule has 1 unspecified atom stereocenters. The number of rotatable bonds is 10. The smallest absolute Gasteiger partial charge is 0.252 e. The lowest BCUT2D eigenvalue weighted by Gasteiger charge is -2.30. The second-order valence-corrected chi connectivity index (χ2v) is 9.98. The second-order valence-electron chi connectivity index (χ2n) is 9.98. The van der Waals surface area contributed by atoms with Gasteiger partial charge in [-0.15, -0.1) is 5.10 Å². The lowest BCUT2D eigenvalue weighted by molar-refractivity contribution is 0.160. The first-order valence-electron chi connectivity index (χ1n) is 13.2. The summed E-state index contributed by atoms with van der Waals surface area (Å²) in [5, 5.41) is 13.9. The van der Waals surface area contributed by atoms with Crippen molar-refractivity contribution in [1.29, 1.82) is 0 Å². The monoisotopic (exact) mass is 506 g/mol. The van der Waals surface area contributed by atoms with Gasteiger partial charge in [0.15, 0.2) is 5.82 Å². The highest BCUT2D eigenvalue weighted by atomic mass is 16.1. The zero-order chi connectivity index (χ0) is 26.5. The predicted molar refractivity (Wildman–Crippen MR) is 151 cm³/mol. The number of benzene rings is 3. The molecule has 0 amide bonds. The van der Waals surface area contributed by atoms with Crippen LogP contribution in [0.1, 0.15) is 53.0 Å². The summed E-state index contributed by atoms with van der Waals surface area (Å²) in [7, 11) is 0. The van der Waals surface area contributed by atoms with Crippen molar-refractivity contribution >= 4 is 10.9 Å². The van der Waals surface area contributed by atoms with Gasteiger partial charge in [-0.05, 0) is 71.3 Å². The molecule has 0 saturated heterocycles. The van der Waals surface area contributed by atoms with Gasteiger partial charge >= 0.3 is 0 Å².